The summed E-state index contributed by atoms with van der Waals surface area (Å²) in [5.74, 6) is -0.329. The molecule has 2 rings (SSSR count). The zero-order valence-electron chi connectivity index (χ0n) is 11.0. The van der Waals surface area contributed by atoms with E-state index in [0.29, 0.717) is 6.42 Å². The number of carbonyl (C=O) groups excluding carboxylic acids is 1. The summed E-state index contributed by atoms with van der Waals surface area (Å²) in [4.78, 5) is 12.3. The maximum atomic E-state index is 12.3. The minimum absolute atomic E-state index is 0.00388. The molecule has 96 valence electrons. The number of anilines is 1. The topological polar surface area (TPSA) is 52.9 Å². The van der Waals surface area contributed by atoms with Gasteiger partial charge in [0.1, 0.15) is 0 Å². The third kappa shape index (κ3) is 2.16. The molecule has 1 heterocycles. The van der Waals surface area contributed by atoms with E-state index in [1.54, 1.807) is 0 Å². The van der Waals surface area contributed by atoms with E-state index in [9.17, 15) is 4.79 Å². The third-order valence-corrected chi connectivity index (χ3v) is 3.28. The first kappa shape index (κ1) is 12.8. The van der Waals surface area contributed by atoms with Crippen molar-refractivity contribution in [2.45, 2.75) is 27.2 Å². The van der Waals surface area contributed by atoms with Gasteiger partial charge in [0, 0.05) is 12.3 Å². The van der Waals surface area contributed by atoms with E-state index in [-0.39, 0.29) is 18.4 Å². The van der Waals surface area contributed by atoms with Gasteiger partial charge in [0.25, 0.3) is 5.91 Å². The molecule has 1 unspecified atom stereocenters. The number of aliphatic hydroxyl groups excluding tert-OH is 1. The molecule has 0 bridgehead atoms. The van der Waals surface area contributed by atoms with Gasteiger partial charge in [-0.05, 0) is 44.4 Å². The first-order valence-corrected chi connectivity index (χ1v) is 6.11. The van der Waals surface area contributed by atoms with Crippen molar-refractivity contribution in [2.75, 3.05) is 11.6 Å². The molecule has 0 aliphatic carbocycles. The molecule has 0 aromatic heterocycles. The predicted octanol–water partition coefficient (Wildman–Crippen LogP) is 2.02. The Morgan fingerprint density at radius 1 is 1.33 bits per heavy atom. The first-order chi connectivity index (χ1) is 8.54. The molecule has 0 saturated carbocycles. The fraction of sp³-hybridized carbons (Fsp3) is 0.429. The van der Waals surface area contributed by atoms with Crippen LogP contribution in [0.4, 0.5) is 5.69 Å². The molecule has 1 atom stereocenters. The number of hydrogen-bond donors (Lipinski definition) is 1. The van der Waals surface area contributed by atoms with Crippen molar-refractivity contribution in [3.05, 3.63) is 29.3 Å². The van der Waals surface area contributed by atoms with Crippen molar-refractivity contribution < 1.29 is 9.90 Å². The third-order valence-electron chi connectivity index (χ3n) is 3.28. The van der Waals surface area contributed by atoms with Crippen molar-refractivity contribution in [1.82, 2.24) is 0 Å². The van der Waals surface area contributed by atoms with Crippen molar-refractivity contribution in [2.24, 2.45) is 11.0 Å². The molecule has 1 aliphatic heterocycles. The summed E-state index contributed by atoms with van der Waals surface area (Å²) in [6.45, 7) is 5.80. The molecule has 4 heteroatoms. The average Bonchev–Trinajstić information content (AvgIpc) is 2.61. The van der Waals surface area contributed by atoms with Crippen LogP contribution >= 0.6 is 0 Å². The maximum Gasteiger partial charge on any atom is 0.256 e. The molecule has 0 saturated heterocycles. The van der Waals surface area contributed by atoms with Crippen LogP contribution in [0, 0.1) is 19.8 Å². The number of benzene rings is 1. The number of aliphatic hydroxyl groups is 1. The molecular formula is C14H18N2O2. The number of amides is 1. The van der Waals surface area contributed by atoms with Crippen LogP contribution in [0.2, 0.25) is 0 Å². The van der Waals surface area contributed by atoms with Crippen molar-refractivity contribution in [3.8, 4) is 0 Å². The molecule has 1 aromatic rings. The number of carbonyl (C=O) groups is 1. The summed E-state index contributed by atoms with van der Waals surface area (Å²) < 4.78 is 0. The van der Waals surface area contributed by atoms with Gasteiger partial charge in [0.05, 0.1) is 11.6 Å². The summed E-state index contributed by atoms with van der Waals surface area (Å²) >= 11 is 0. The Morgan fingerprint density at radius 2 is 2.06 bits per heavy atom. The van der Waals surface area contributed by atoms with Gasteiger partial charge in [-0.25, -0.2) is 0 Å². The summed E-state index contributed by atoms with van der Waals surface area (Å²) in [5.41, 5.74) is 3.73. The van der Waals surface area contributed by atoms with Gasteiger partial charge in [0.2, 0.25) is 0 Å². The molecule has 1 aliphatic rings. The quantitative estimate of drug-likeness (QED) is 0.887. The van der Waals surface area contributed by atoms with Gasteiger partial charge in [-0.1, -0.05) is 12.1 Å². The highest BCUT2D eigenvalue weighted by Crippen LogP contribution is 2.28. The minimum Gasteiger partial charge on any atom is -0.396 e. The largest absolute Gasteiger partial charge is 0.396 e. The summed E-state index contributed by atoms with van der Waals surface area (Å²) in [7, 11) is 0. The molecule has 4 nitrogen and oxygen atoms in total. The van der Waals surface area contributed by atoms with Gasteiger partial charge in [-0.3, -0.25) is 4.79 Å². The highest BCUT2D eigenvalue weighted by Gasteiger charge is 2.34. The van der Waals surface area contributed by atoms with Crippen molar-refractivity contribution in [1.29, 1.82) is 0 Å². The van der Waals surface area contributed by atoms with Crippen LogP contribution in [-0.4, -0.2) is 23.3 Å². The van der Waals surface area contributed by atoms with E-state index in [2.05, 4.69) is 5.10 Å². The zero-order chi connectivity index (χ0) is 13.3. The summed E-state index contributed by atoms with van der Waals surface area (Å²) in [6.07, 6.45) is 0.440. The Bertz CT molecular complexity index is 509. The van der Waals surface area contributed by atoms with Crippen LogP contribution in [0.3, 0.4) is 0 Å². The Labute approximate surface area is 107 Å². The lowest BCUT2D eigenvalue weighted by Gasteiger charge is -2.16. The maximum absolute atomic E-state index is 12.3. The van der Waals surface area contributed by atoms with E-state index in [0.717, 1.165) is 22.5 Å². The lowest BCUT2D eigenvalue weighted by molar-refractivity contribution is -0.120. The number of rotatable bonds is 3. The molecule has 0 spiro atoms. The van der Waals surface area contributed by atoms with Gasteiger partial charge in [-0.2, -0.15) is 10.1 Å². The van der Waals surface area contributed by atoms with Crippen LogP contribution < -0.4 is 5.01 Å². The van der Waals surface area contributed by atoms with Gasteiger partial charge in [0.15, 0.2) is 0 Å². The second-order valence-corrected chi connectivity index (χ2v) is 4.75. The molecule has 18 heavy (non-hydrogen) atoms. The molecular weight excluding hydrogens is 228 g/mol. The number of aryl methyl sites for hydroxylation is 2. The smallest absolute Gasteiger partial charge is 0.256 e. The Hall–Kier alpha value is -1.68. The predicted molar refractivity (Wildman–Crippen MR) is 71.7 cm³/mol. The Balaban J connectivity index is 2.36. The SMILES string of the molecule is CC1=NN(c2cc(C)ccc2C)C(=O)C1CCO. The second-order valence-electron chi connectivity index (χ2n) is 4.75. The van der Waals surface area contributed by atoms with E-state index in [1.807, 2.05) is 39.0 Å². The van der Waals surface area contributed by atoms with Gasteiger partial charge < -0.3 is 5.11 Å². The normalized spacial score (nSPS) is 19.3. The van der Waals surface area contributed by atoms with E-state index < -0.39 is 0 Å². The van der Waals surface area contributed by atoms with Crippen LogP contribution in [-0.2, 0) is 4.79 Å². The van der Waals surface area contributed by atoms with Crippen LogP contribution in [0.5, 0.6) is 0 Å². The van der Waals surface area contributed by atoms with Crippen LogP contribution in [0.25, 0.3) is 0 Å². The standard InChI is InChI=1S/C14H18N2O2/c1-9-4-5-10(2)13(8-9)16-14(18)12(6-7-17)11(3)15-16/h4-5,8,12,17H,6-7H2,1-3H3. The summed E-state index contributed by atoms with van der Waals surface area (Å²) in [6, 6.07) is 5.97. The van der Waals surface area contributed by atoms with Gasteiger partial charge >= 0.3 is 0 Å². The lowest BCUT2D eigenvalue weighted by atomic mass is 10.0. The number of hydrazone groups is 1. The molecule has 1 N–H and O–H groups in total. The van der Waals surface area contributed by atoms with E-state index in [4.69, 9.17) is 5.11 Å². The van der Waals surface area contributed by atoms with Crippen LogP contribution in [0.15, 0.2) is 23.3 Å². The second kappa shape index (κ2) is 4.90. The molecule has 0 radical (unpaired) electrons. The molecule has 1 aromatic carbocycles. The monoisotopic (exact) mass is 246 g/mol. The number of nitrogens with zero attached hydrogens (tertiary/aromatic N) is 2. The zero-order valence-corrected chi connectivity index (χ0v) is 11.0. The molecule has 0 fully saturated rings. The highest BCUT2D eigenvalue weighted by molar-refractivity contribution is 6.14. The fourth-order valence-electron chi connectivity index (χ4n) is 2.18. The minimum atomic E-state index is -0.282. The summed E-state index contributed by atoms with van der Waals surface area (Å²) in [5, 5.41) is 14.8. The Kier molecular flexibility index (Phi) is 3.48. The van der Waals surface area contributed by atoms with Gasteiger partial charge in [-0.15, -0.1) is 0 Å². The highest BCUT2D eigenvalue weighted by atomic mass is 16.3. The lowest BCUT2D eigenvalue weighted by Crippen LogP contribution is -2.28. The number of hydrogen-bond acceptors (Lipinski definition) is 3. The van der Waals surface area contributed by atoms with E-state index >= 15 is 0 Å². The van der Waals surface area contributed by atoms with Crippen molar-refractivity contribution in [3.63, 3.8) is 0 Å². The molecule has 1 amide bonds. The average molecular weight is 246 g/mol. The van der Waals surface area contributed by atoms with E-state index in [1.165, 1.54) is 5.01 Å². The Morgan fingerprint density at radius 3 is 2.72 bits per heavy atom. The first-order valence-electron chi connectivity index (χ1n) is 6.11. The fourth-order valence-corrected chi connectivity index (χ4v) is 2.18. The van der Waals surface area contributed by atoms with Crippen molar-refractivity contribution >= 4 is 17.3 Å². The van der Waals surface area contributed by atoms with Crippen LogP contribution in [0.1, 0.15) is 24.5 Å².